The molecule has 2 unspecified atom stereocenters. The molecule has 4 heteroatoms. The molecule has 1 saturated heterocycles. The van der Waals surface area contributed by atoms with Crippen LogP contribution < -0.4 is 5.32 Å². The number of piperazine rings is 1. The molecule has 1 N–H and O–H groups in total. The summed E-state index contributed by atoms with van der Waals surface area (Å²) >= 11 is 0. The highest BCUT2D eigenvalue weighted by Gasteiger charge is 2.48. The lowest BCUT2D eigenvalue weighted by molar-refractivity contribution is -0.157. The monoisotopic (exact) mass is 264 g/mol. The predicted octanol–water partition coefficient (Wildman–Crippen LogP) is 1.41. The normalized spacial score (nSPS) is 24.7. The van der Waals surface area contributed by atoms with Crippen molar-refractivity contribution in [3.63, 3.8) is 0 Å². The Morgan fingerprint density at radius 1 is 1.21 bits per heavy atom. The van der Waals surface area contributed by atoms with Crippen LogP contribution in [0.2, 0.25) is 0 Å². The zero-order valence-corrected chi connectivity index (χ0v) is 12.7. The average Bonchev–Trinajstić information content (AvgIpc) is 2.29. The first-order valence-corrected chi connectivity index (χ1v) is 6.74. The summed E-state index contributed by atoms with van der Waals surface area (Å²) in [5.74, 6) is 2.49. The van der Waals surface area contributed by atoms with Crippen molar-refractivity contribution in [3.05, 3.63) is 0 Å². The lowest BCUT2D eigenvalue weighted by atomic mass is 9.88. The summed E-state index contributed by atoms with van der Waals surface area (Å²) in [5.41, 5.74) is -0.767. The van der Waals surface area contributed by atoms with Crippen molar-refractivity contribution in [2.45, 2.75) is 59.2 Å². The van der Waals surface area contributed by atoms with E-state index in [9.17, 15) is 9.59 Å². The van der Waals surface area contributed by atoms with Crippen LogP contribution in [-0.4, -0.2) is 34.3 Å². The number of terminal acetylenes is 1. The zero-order chi connectivity index (χ0) is 15.0. The van der Waals surface area contributed by atoms with E-state index in [1.54, 1.807) is 18.7 Å². The van der Waals surface area contributed by atoms with E-state index in [0.717, 1.165) is 0 Å². The maximum Gasteiger partial charge on any atom is 0.247 e. The lowest BCUT2D eigenvalue weighted by Gasteiger charge is -2.47. The number of amides is 2. The number of hydrogen-bond donors (Lipinski definition) is 1. The van der Waals surface area contributed by atoms with Gasteiger partial charge in [-0.3, -0.25) is 9.59 Å². The fraction of sp³-hybridized carbons (Fsp3) is 0.733. The molecule has 0 aliphatic carbocycles. The molecule has 0 aromatic rings. The van der Waals surface area contributed by atoms with E-state index in [4.69, 9.17) is 6.42 Å². The largest absolute Gasteiger partial charge is 0.342 e. The molecule has 1 fully saturated rings. The Bertz CT molecular complexity index is 418. The van der Waals surface area contributed by atoms with Crippen molar-refractivity contribution in [2.75, 3.05) is 0 Å². The molecule has 1 rings (SSSR count). The van der Waals surface area contributed by atoms with Crippen LogP contribution in [0.25, 0.3) is 0 Å². The van der Waals surface area contributed by atoms with Gasteiger partial charge >= 0.3 is 0 Å². The number of nitrogens with zero attached hydrogens (tertiary/aromatic N) is 1. The molecule has 0 aromatic carbocycles. The molecule has 0 aromatic heterocycles. The number of nitrogens with one attached hydrogen (secondary N) is 1. The van der Waals surface area contributed by atoms with Crippen LogP contribution in [0, 0.1) is 24.2 Å². The minimum atomic E-state index is -0.767. The van der Waals surface area contributed by atoms with Gasteiger partial charge in [-0.15, -0.1) is 6.42 Å². The van der Waals surface area contributed by atoms with E-state index in [1.165, 1.54) is 0 Å². The summed E-state index contributed by atoms with van der Waals surface area (Å²) in [5, 5.41) is 2.82. The second-order valence-electron chi connectivity index (χ2n) is 6.33. The Hall–Kier alpha value is -1.50. The molecule has 0 spiro atoms. The summed E-state index contributed by atoms with van der Waals surface area (Å²) in [6.45, 7) is 11.3. The van der Waals surface area contributed by atoms with E-state index in [2.05, 4.69) is 11.2 Å². The minimum Gasteiger partial charge on any atom is -0.342 e. The Morgan fingerprint density at radius 3 is 2.11 bits per heavy atom. The molecular formula is C15H24N2O2. The molecular weight excluding hydrogens is 240 g/mol. The first-order valence-electron chi connectivity index (χ1n) is 6.74. The molecule has 1 heterocycles. The van der Waals surface area contributed by atoms with Gasteiger partial charge in [-0.25, -0.2) is 0 Å². The second kappa shape index (κ2) is 5.24. The number of hydrogen-bond acceptors (Lipinski definition) is 2. The topological polar surface area (TPSA) is 49.4 Å². The van der Waals surface area contributed by atoms with Crippen LogP contribution in [0.1, 0.15) is 41.5 Å². The van der Waals surface area contributed by atoms with Crippen molar-refractivity contribution in [3.8, 4) is 12.3 Å². The Kier molecular flexibility index (Phi) is 4.29. The molecule has 0 radical (unpaired) electrons. The number of rotatable bonds is 3. The first-order chi connectivity index (χ1) is 8.63. The van der Waals surface area contributed by atoms with Crippen molar-refractivity contribution in [2.24, 2.45) is 11.8 Å². The Morgan fingerprint density at radius 2 is 1.74 bits per heavy atom. The van der Waals surface area contributed by atoms with Crippen molar-refractivity contribution in [1.29, 1.82) is 0 Å². The number of carbonyl (C=O) groups excluding carboxylic acids is 2. The third kappa shape index (κ3) is 2.75. The van der Waals surface area contributed by atoms with Gasteiger partial charge in [-0.2, -0.15) is 0 Å². The van der Waals surface area contributed by atoms with Crippen molar-refractivity contribution >= 4 is 11.8 Å². The van der Waals surface area contributed by atoms with Gasteiger partial charge in [-0.1, -0.05) is 33.6 Å². The highest BCUT2D eigenvalue weighted by atomic mass is 16.2. The quantitative estimate of drug-likeness (QED) is 0.783. The van der Waals surface area contributed by atoms with Crippen molar-refractivity contribution < 1.29 is 9.59 Å². The molecule has 106 valence electrons. The standard InChI is InChI=1S/C15H24N2O2/c1-8-15(6,7)17-12(10(4)5)13(18)16-11(9(2)3)14(17)19/h1,9-12H,2-7H3,(H,16,18). The van der Waals surface area contributed by atoms with Gasteiger partial charge in [0.25, 0.3) is 0 Å². The van der Waals surface area contributed by atoms with Gasteiger partial charge in [0.2, 0.25) is 11.8 Å². The average molecular weight is 264 g/mol. The van der Waals surface area contributed by atoms with Gasteiger partial charge in [-0.05, 0) is 25.7 Å². The lowest BCUT2D eigenvalue weighted by Crippen LogP contribution is -2.70. The molecule has 4 nitrogen and oxygen atoms in total. The molecule has 2 atom stereocenters. The SMILES string of the molecule is C#CC(C)(C)N1C(=O)C(C(C)C)NC(=O)C1C(C)C. The summed E-state index contributed by atoms with van der Waals surface area (Å²) in [6.07, 6.45) is 5.55. The zero-order valence-electron chi connectivity index (χ0n) is 12.7. The molecule has 19 heavy (non-hydrogen) atoms. The molecule has 1 aliphatic rings. The fourth-order valence-corrected chi connectivity index (χ4v) is 2.45. The van der Waals surface area contributed by atoms with Gasteiger partial charge in [0.1, 0.15) is 12.1 Å². The Labute approximate surface area is 115 Å². The van der Waals surface area contributed by atoms with Crippen LogP contribution in [0.4, 0.5) is 0 Å². The van der Waals surface area contributed by atoms with Crippen LogP contribution in [-0.2, 0) is 9.59 Å². The maximum absolute atomic E-state index is 12.6. The highest BCUT2D eigenvalue weighted by molar-refractivity contribution is 5.98. The smallest absolute Gasteiger partial charge is 0.247 e. The van der Waals surface area contributed by atoms with Gasteiger partial charge < -0.3 is 10.2 Å². The number of carbonyl (C=O) groups is 2. The van der Waals surface area contributed by atoms with Crippen LogP contribution in [0.5, 0.6) is 0 Å². The summed E-state index contributed by atoms with van der Waals surface area (Å²) < 4.78 is 0. The van der Waals surface area contributed by atoms with Crippen LogP contribution in [0.15, 0.2) is 0 Å². The summed E-state index contributed by atoms with van der Waals surface area (Å²) in [6, 6.07) is -0.997. The maximum atomic E-state index is 12.6. The van der Waals surface area contributed by atoms with E-state index < -0.39 is 17.6 Å². The van der Waals surface area contributed by atoms with E-state index in [-0.39, 0.29) is 23.7 Å². The molecule has 0 bridgehead atoms. The minimum absolute atomic E-state index is 0.0182. The van der Waals surface area contributed by atoms with E-state index in [1.807, 2.05) is 27.7 Å². The van der Waals surface area contributed by atoms with Crippen LogP contribution >= 0.6 is 0 Å². The third-order valence-corrected chi connectivity index (χ3v) is 3.60. The summed E-state index contributed by atoms with van der Waals surface area (Å²) in [7, 11) is 0. The van der Waals surface area contributed by atoms with E-state index in [0.29, 0.717) is 0 Å². The first kappa shape index (κ1) is 15.6. The highest BCUT2D eigenvalue weighted by Crippen LogP contribution is 2.27. The van der Waals surface area contributed by atoms with E-state index >= 15 is 0 Å². The van der Waals surface area contributed by atoms with Gasteiger partial charge in [0.05, 0.1) is 5.54 Å². The van der Waals surface area contributed by atoms with Crippen LogP contribution in [0.3, 0.4) is 0 Å². The molecule has 0 saturated carbocycles. The second-order valence-corrected chi connectivity index (χ2v) is 6.33. The summed E-state index contributed by atoms with van der Waals surface area (Å²) in [4.78, 5) is 26.5. The predicted molar refractivity (Wildman–Crippen MR) is 75.2 cm³/mol. The van der Waals surface area contributed by atoms with Crippen molar-refractivity contribution in [1.82, 2.24) is 10.2 Å². The Balaban J connectivity index is 3.27. The van der Waals surface area contributed by atoms with Gasteiger partial charge in [0, 0.05) is 0 Å². The third-order valence-electron chi connectivity index (χ3n) is 3.60. The molecule has 1 aliphatic heterocycles. The fourth-order valence-electron chi connectivity index (χ4n) is 2.45. The van der Waals surface area contributed by atoms with Gasteiger partial charge in [0.15, 0.2) is 0 Å². The molecule has 2 amide bonds.